The van der Waals surface area contributed by atoms with E-state index in [1.807, 2.05) is 19.1 Å². The highest BCUT2D eigenvalue weighted by Crippen LogP contribution is 2.36. The summed E-state index contributed by atoms with van der Waals surface area (Å²) in [5.74, 6) is -1.51. The largest absolute Gasteiger partial charge is 0.469 e. The molecule has 112 valence electrons. The van der Waals surface area contributed by atoms with Crippen LogP contribution in [0.15, 0.2) is 12.1 Å². The van der Waals surface area contributed by atoms with Crippen LogP contribution >= 0.6 is 0 Å². The molecule has 5 nitrogen and oxygen atoms in total. The number of carbonyl (C=O) groups is 3. The van der Waals surface area contributed by atoms with Gasteiger partial charge in [0, 0.05) is 6.54 Å². The van der Waals surface area contributed by atoms with E-state index < -0.39 is 23.1 Å². The van der Waals surface area contributed by atoms with Gasteiger partial charge in [0.05, 0.1) is 23.8 Å². The molecule has 0 spiro atoms. The molecule has 0 saturated carbocycles. The number of nitrogens with zero attached hydrogens (tertiary/aromatic N) is 1. The van der Waals surface area contributed by atoms with Crippen molar-refractivity contribution in [1.29, 1.82) is 0 Å². The third-order valence-electron chi connectivity index (χ3n) is 3.82. The number of hydrogen-bond donors (Lipinski definition) is 0. The van der Waals surface area contributed by atoms with Crippen LogP contribution in [-0.4, -0.2) is 31.3 Å². The molecule has 0 fully saturated rings. The van der Waals surface area contributed by atoms with Crippen molar-refractivity contribution >= 4 is 23.3 Å². The molecule has 0 N–H and O–H groups in total. The molecule has 1 aromatic carbocycles. The van der Waals surface area contributed by atoms with Crippen LogP contribution < -0.4 is 4.90 Å². The summed E-state index contributed by atoms with van der Waals surface area (Å²) in [6, 6.07) is 3.70. The number of aryl methyl sites for hydroxylation is 2. The summed E-state index contributed by atoms with van der Waals surface area (Å²) in [6.45, 7) is 7.15. The molecule has 1 heterocycles. The molecular formula is C16H19NO4. The van der Waals surface area contributed by atoms with Gasteiger partial charge >= 0.3 is 5.97 Å². The van der Waals surface area contributed by atoms with Crippen molar-refractivity contribution in [3.8, 4) is 0 Å². The monoisotopic (exact) mass is 289 g/mol. The first-order chi connectivity index (χ1) is 9.70. The van der Waals surface area contributed by atoms with E-state index in [1.54, 1.807) is 20.8 Å². The fourth-order valence-electron chi connectivity index (χ4n) is 2.65. The number of fused-ring (bicyclic) bond motifs is 1. The summed E-state index contributed by atoms with van der Waals surface area (Å²) in [5.41, 5.74) is 1.79. The van der Waals surface area contributed by atoms with Crippen molar-refractivity contribution in [2.24, 2.45) is 5.41 Å². The Kier molecular flexibility index (Phi) is 3.61. The van der Waals surface area contributed by atoms with E-state index in [0.717, 1.165) is 11.1 Å². The van der Waals surface area contributed by atoms with E-state index in [1.165, 1.54) is 12.0 Å². The smallest absolute Gasteiger partial charge is 0.313 e. The van der Waals surface area contributed by atoms with Gasteiger partial charge < -0.3 is 9.64 Å². The molecule has 1 aliphatic rings. The normalized spacial score (nSPS) is 14.4. The molecule has 5 heteroatoms. The maximum absolute atomic E-state index is 12.3. The number of carbonyl (C=O) groups excluding carboxylic acids is 3. The molecule has 2 rings (SSSR count). The number of amides is 1. The number of ketones is 1. The maximum atomic E-state index is 12.3. The van der Waals surface area contributed by atoms with Gasteiger partial charge in [-0.2, -0.15) is 0 Å². The number of anilines is 1. The molecule has 0 atom stereocenters. The van der Waals surface area contributed by atoms with Gasteiger partial charge in [0.1, 0.15) is 0 Å². The highest BCUT2D eigenvalue weighted by molar-refractivity contribution is 6.52. The Bertz CT molecular complexity index is 646. The highest BCUT2D eigenvalue weighted by Gasteiger charge is 2.42. The molecule has 0 bridgehead atoms. The Labute approximate surface area is 123 Å². The Hall–Kier alpha value is -2.17. The number of ether oxygens (including phenoxy) is 1. The molecule has 0 radical (unpaired) electrons. The zero-order chi connectivity index (χ0) is 15.9. The lowest BCUT2D eigenvalue weighted by atomic mass is 9.92. The highest BCUT2D eigenvalue weighted by atomic mass is 16.5. The van der Waals surface area contributed by atoms with Gasteiger partial charge in [-0.1, -0.05) is 12.1 Å². The van der Waals surface area contributed by atoms with Crippen molar-refractivity contribution < 1.29 is 19.1 Å². The van der Waals surface area contributed by atoms with Crippen LogP contribution in [0.1, 0.15) is 35.3 Å². The molecule has 0 unspecified atom stereocenters. The molecular weight excluding hydrogens is 270 g/mol. The lowest BCUT2D eigenvalue weighted by Crippen LogP contribution is -2.42. The lowest BCUT2D eigenvalue weighted by Gasteiger charge is -2.28. The van der Waals surface area contributed by atoms with E-state index in [9.17, 15) is 14.4 Å². The molecule has 21 heavy (non-hydrogen) atoms. The van der Waals surface area contributed by atoms with Crippen LogP contribution in [0, 0.1) is 19.3 Å². The Balaban J connectivity index is 2.50. The molecule has 1 aromatic rings. The Morgan fingerprint density at radius 2 is 1.76 bits per heavy atom. The number of benzene rings is 1. The minimum Gasteiger partial charge on any atom is -0.469 e. The summed E-state index contributed by atoms with van der Waals surface area (Å²) < 4.78 is 4.77. The number of Topliss-reactive ketones (excluding diaryl/α,β-unsaturated/α-hetero) is 1. The van der Waals surface area contributed by atoms with Gasteiger partial charge in [-0.05, 0) is 38.8 Å². The van der Waals surface area contributed by atoms with Crippen molar-refractivity contribution in [2.75, 3.05) is 18.6 Å². The fourth-order valence-corrected chi connectivity index (χ4v) is 2.65. The molecule has 1 amide bonds. The van der Waals surface area contributed by atoms with E-state index in [4.69, 9.17) is 4.74 Å². The van der Waals surface area contributed by atoms with Gasteiger partial charge in [-0.3, -0.25) is 14.4 Å². The number of methoxy groups -OCH3 is 1. The predicted molar refractivity (Wildman–Crippen MR) is 78.4 cm³/mol. The minimum atomic E-state index is -0.886. The van der Waals surface area contributed by atoms with E-state index in [2.05, 4.69) is 0 Å². The van der Waals surface area contributed by atoms with E-state index >= 15 is 0 Å². The van der Waals surface area contributed by atoms with E-state index in [0.29, 0.717) is 11.3 Å². The summed E-state index contributed by atoms with van der Waals surface area (Å²) in [5, 5.41) is 0. The second-order valence-electron chi connectivity index (χ2n) is 6.02. The van der Waals surface area contributed by atoms with Gasteiger partial charge in [-0.25, -0.2) is 0 Å². The maximum Gasteiger partial charge on any atom is 0.313 e. The standard InChI is InChI=1S/C16H19NO4/c1-9-6-7-10(2)12-11(9)13(18)14(19)17(12)8-16(3,4)15(20)21-5/h6-7H,8H2,1-5H3. The Morgan fingerprint density at radius 3 is 2.33 bits per heavy atom. The van der Waals surface area contributed by atoms with Crippen LogP contribution in [-0.2, 0) is 14.3 Å². The van der Waals surface area contributed by atoms with Crippen molar-refractivity contribution in [3.05, 3.63) is 28.8 Å². The summed E-state index contributed by atoms with van der Waals surface area (Å²) in [6.07, 6.45) is 0. The predicted octanol–water partition coefficient (Wildman–Crippen LogP) is 2.03. The first kappa shape index (κ1) is 15.2. The average molecular weight is 289 g/mol. The summed E-state index contributed by atoms with van der Waals surface area (Å²) >= 11 is 0. The molecule has 0 saturated heterocycles. The SMILES string of the molecule is COC(=O)C(C)(C)CN1C(=O)C(=O)c2c(C)ccc(C)c21. The van der Waals surface area contributed by atoms with Crippen LogP contribution in [0.4, 0.5) is 5.69 Å². The van der Waals surface area contributed by atoms with Crippen LogP contribution in [0.5, 0.6) is 0 Å². The quantitative estimate of drug-likeness (QED) is 0.631. The number of esters is 1. The summed E-state index contributed by atoms with van der Waals surface area (Å²) in [7, 11) is 1.31. The van der Waals surface area contributed by atoms with E-state index in [-0.39, 0.29) is 6.54 Å². The topological polar surface area (TPSA) is 63.7 Å². The van der Waals surface area contributed by atoms with Gasteiger partial charge in [0.2, 0.25) is 0 Å². The van der Waals surface area contributed by atoms with Crippen molar-refractivity contribution in [3.63, 3.8) is 0 Å². The van der Waals surface area contributed by atoms with Crippen LogP contribution in [0.3, 0.4) is 0 Å². The second-order valence-corrected chi connectivity index (χ2v) is 6.02. The molecule has 1 aliphatic heterocycles. The van der Waals surface area contributed by atoms with Crippen molar-refractivity contribution in [2.45, 2.75) is 27.7 Å². The molecule has 0 aliphatic carbocycles. The number of hydrogen-bond acceptors (Lipinski definition) is 4. The van der Waals surface area contributed by atoms with Gasteiger partial charge in [-0.15, -0.1) is 0 Å². The van der Waals surface area contributed by atoms with Gasteiger partial charge in [0.25, 0.3) is 11.7 Å². The first-order valence-electron chi connectivity index (χ1n) is 6.75. The lowest BCUT2D eigenvalue weighted by molar-refractivity contribution is -0.150. The summed E-state index contributed by atoms with van der Waals surface area (Å²) in [4.78, 5) is 37.7. The fraction of sp³-hybridized carbons (Fsp3) is 0.438. The van der Waals surface area contributed by atoms with Gasteiger partial charge in [0.15, 0.2) is 0 Å². The first-order valence-corrected chi connectivity index (χ1v) is 6.75. The van der Waals surface area contributed by atoms with Crippen molar-refractivity contribution in [1.82, 2.24) is 0 Å². The number of rotatable bonds is 3. The Morgan fingerprint density at radius 1 is 1.19 bits per heavy atom. The average Bonchev–Trinajstić information content (AvgIpc) is 2.67. The second kappa shape index (κ2) is 4.98. The van der Waals surface area contributed by atoms with Crippen LogP contribution in [0.2, 0.25) is 0 Å². The third-order valence-corrected chi connectivity index (χ3v) is 3.82. The minimum absolute atomic E-state index is 0.113. The molecule has 0 aromatic heterocycles. The third kappa shape index (κ3) is 2.33. The zero-order valence-corrected chi connectivity index (χ0v) is 12.9. The van der Waals surface area contributed by atoms with Crippen LogP contribution in [0.25, 0.3) is 0 Å². The zero-order valence-electron chi connectivity index (χ0n) is 12.9.